The van der Waals surface area contributed by atoms with Crippen molar-refractivity contribution in [2.75, 3.05) is 0 Å². The van der Waals surface area contributed by atoms with Gasteiger partial charge in [-0.2, -0.15) is 0 Å². The zero-order chi connectivity index (χ0) is 18.1. The molecule has 0 aliphatic heterocycles. The van der Waals surface area contributed by atoms with Crippen molar-refractivity contribution in [3.05, 3.63) is 88.0 Å². The Balaban J connectivity index is 2.35. The van der Waals surface area contributed by atoms with E-state index < -0.39 is 0 Å². The van der Waals surface area contributed by atoms with Crippen molar-refractivity contribution in [1.29, 1.82) is 0 Å². The van der Waals surface area contributed by atoms with Crippen LogP contribution >= 0.6 is 0 Å². The van der Waals surface area contributed by atoms with Gasteiger partial charge in [0.25, 0.3) is 0 Å². The van der Waals surface area contributed by atoms with Crippen LogP contribution in [0.1, 0.15) is 33.4 Å². The highest BCUT2D eigenvalue weighted by Crippen LogP contribution is 2.12. The minimum Gasteiger partial charge on any atom is -0.0667 e. The van der Waals surface area contributed by atoms with Crippen LogP contribution in [-0.4, -0.2) is 6.71 Å². The van der Waals surface area contributed by atoms with Crippen LogP contribution in [0, 0.1) is 41.5 Å². The first-order valence-corrected chi connectivity index (χ1v) is 9.10. The molecule has 0 saturated heterocycles. The Hall–Kier alpha value is -2.28. The highest BCUT2D eigenvalue weighted by Gasteiger charge is 2.27. The molecule has 3 aromatic carbocycles. The average Bonchev–Trinajstić information content (AvgIpc) is 2.59. The SMILES string of the molecule is Cc1cccc(B(c2cccc(C)c2C)c2cccc(C)c2C)c1C. The lowest BCUT2D eigenvalue weighted by Crippen LogP contribution is -2.55. The molecule has 25 heavy (non-hydrogen) atoms. The predicted octanol–water partition coefficient (Wildman–Crippen LogP) is 4.05. The minimum absolute atomic E-state index is 0.277. The normalized spacial score (nSPS) is 10.8. The van der Waals surface area contributed by atoms with E-state index in [2.05, 4.69) is 96.1 Å². The largest absolute Gasteiger partial charge is 0.242 e. The van der Waals surface area contributed by atoms with Crippen LogP contribution in [0.4, 0.5) is 0 Å². The van der Waals surface area contributed by atoms with Crippen LogP contribution < -0.4 is 16.4 Å². The Labute approximate surface area is 153 Å². The third kappa shape index (κ3) is 3.16. The monoisotopic (exact) mass is 326 g/mol. The molecule has 3 rings (SSSR count). The molecule has 0 radical (unpaired) electrons. The lowest BCUT2D eigenvalue weighted by atomic mass is 9.34. The molecule has 0 bridgehead atoms. The third-order valence-corrected chi connectivity index (χ3v) is 5.87. The first-order chi connectivity index (χ1) is 11.9. The van der Waals surface area contributed by atoms with Gasteiger partial charge in [-0.15, -0.1) is 0 Å². The summed E-state index contributed by atoms with van der Waals surface area (Å²) in [6.07, 6.45) is 0. The van der Waals surface area contributed by atoms with Gasteiger partial charge in [-0.25, -0.2) is 0 Å². The summed E-state index contributed by atoms with van der Waals surface area (Å²) in [4.78, 5) is 0. The molecular formula is C24H27B. The van der Waals surface area contributed by atoms with Crippen molar-refractivity contribution in [3.63, 3.8) is 0 Å². The summed E-state index contributed by atoms with van der Waals surface area (Å²) in [5.41, 5.74) is 12.5. The number of hydrogen-bond donors (Lipinski definition) is 0. The average molecular weight is 326 g/mol. The quantitative estimate of drug-likeness (QED) is 0.637. The van der Waals surface area contributed by atoms with E-state index in [1.807, 2.05) is 0 Å². The molecule has 1 heteroatoms. The second kappa shape index (κ2) is 6.92. The summed E-state index contributed by atoms with van der Waals surface area (Å²) in [5.74, 6) is 0. The van der Waals surface area contributed by atoms with Crippen LogP contribution in [0.5, 0.6) is 0 Å². The molecule has 0 nitrogen and oxygen atoms in total. The molecule has 0 fully saturated rings. The second-order valence-corrected chi connectivity index (χ2v) is 7.30. The molecule has 0 aliphatic carbocycles. The van der Waals surface area contributed by atoms with Crippen molar-refractivity contribution >= 4 is 23.1 Å². The zero-order valence-electron chi connectivity index (χ0n) is 16.3. The maximum absolute atomic E-state index is 2.30. The van der Waals surface area contributed by atoms with E-state index in [9.17, 15) is 0 Å². The molecule has 0 aromatic heterocycles. The van der Waals surface area contributed by atoms with Gasteiger partial charge in [-0.1, -0.05) is 87.7 Å². The number of benzene rings is 3. The van der Waals surface area contributed by atoms with E-state index >= 15 is 0 Å². The number of rotatable bonds is 3. The standard InChI is InChI=1S/C24H27B/c1-16-10-7-13-22(19(16)4)25(23-14-8-11-17(2)20(23)5)24-15-9-12-18(3)21(24)6/h7-15H,1-6H3. The van der Waals surface area contributed by atoms with Crippen LogP contribution in [0.3, 0.4) is 0 Å². The van der Waals surface area contributed by atoms with E-state index in [-0.39, 0.29) is 6.71 Å². The smallest absolute Gasteiger partial charge is 0.0667 e. The molecule has 0 aliphatic rings. The van der Waals surface area contributed by atoms with E-state index in [0.29, 0.717) is 0 Å². The summed E-state index contributed by atoms with van der Waals surface area (Å²) in [7, 11) is 0. The third-order valence-electron chi connectivity index (χ3n) is 5.87. The van der Waals surface area contributed by atoms with Gasteiger partial charge >= 0.3 is 0 Å². The van der Waals surface area contributed by atoms with Crippen molar-refractivity contribution in [1.82, 2.24) is 0 Å². The molecule has 0 spiro atoms. The minimum atomic E-state index is 0.277. The summed E-state index contributed by atoms with van der Waals surface area (Å²) < 4.78 is 0. The molecule has 3 aromatic rings. The number of aryl methyl sites for hydroxylation is 3. The lowest BCUT2D eigenvalue weighted by molar-refractivity contribution is 1.34. The van der Waals surface area contributed by atoms with E-state index in [0.717, 1.165) is 0 Å². The molecule has 0 atom stereocenters. The van der Waals surface area contributed by atoms with Gasteiger partial charge in [-0.05, 0) is 58.2 Å². The Kier molecular flexibility index (Phi) is 4.86. The maximum Gasteiger partial charge on any atom is 0.242 e. The van der Waals surface area contributed by atoms with E-state index in [1.54, 1.807) is 0 Å². The second-order valence-electron chi connectivity index (χ2n) is 7.30. The highest BCUT2D eigenvalue weighted by molar-refractivity contribution is 6.96. The molecule has 0 heterocycles. The van der Waals surface area contributed by atoms with Gasteiger partial charge in [0.05, 0.1) is 0 Å². The van der Waals surface area contributed by atoms with Gasteiger partial charge < -0.3 is 0 Å². The van der Waals surface area contributed by atoms with Crippen LogP contribution in [0.2, 0.25) is 0 Å². The van der Waals surface area contributed by atoms with E-state index in [1.165, 1.54) is 49.8 Å². The fourth-order valence-electron chi connectivity index (χ4n) is 3.76. The molecule has 126 valence electrons. The van der Waals surface area contributed by atoms with Crippen LogP contribution in [0.15, 0.2) is 54.6 Å². The summed E-state index contributed by atoms with van der Waals surface area (Å²) >= 11 is 0. The Morgan fingerprint density at radius 3 is 1.00 bits per heavy atom. The van der Waals surface area contributed by atoms with Gasteiger partial charge in [0.2, 0.25) is 6.71 Å². The molecule has 0 amide bonds. The van der Waals surface area contributed by atoms with Gasteiger partial charge in [0.1, 0.15) is 0 Å². The summed E-state index contributed by atoms with van der Waals surface area (Å²) in [5, 5.41) is 0. The summed E-state index contributed by atoms with van der Waals surface area (Å²) in [6.45, 7) is 13.7. The van der Waals surface area contributed by atoms with Gasteiger partial charge in [0.15, 0.2) is 0 Å². The van der Waals surface area contributed by atoms with Crippen LogP contribution in [-0.2, 0) is 0 Å². The molecule has 0 N–H and O–H groups in total. The fourth-order valence-corrected chi connectivity index (χ4v) is 3.76. The number of hydrogen-bond acceptors (Lipinski definition) is 0. The van der Waals surface area contributed by atoms with Crippen molar-refractivity contribution in [2.45, 2.75) is 41.5 Å². The first-order valence-electron chi connectivity index (χ1n) is 9.10. The molecule has 0 saturated carbocycles. The van der Waals surface area contributed by atoms with Crippen molar-refractivity contribution in [2.24, 2.45) is 0 Å². The maximum atomic E-state index is 2.30. The Morgan fingerprint density at radius 2 is 0.720 bits per heavy atom. The summed E-state index contributed by atoms with van der Waals surface area (Å²) in [6, 6.07) is 20.1. The van der Waals surface area contributed by atoms with Crippen LogP contribution in [0.25, 0.3) is 0 Å². The van der Waals surface area contributed by atoms with Crippen molar-refractivity contribution < 1.29 is 0 Å². The van der Waals surface area contributed by atoms with Gasteiger partial charge in [-0.3, -0.25) is 0 Å². The van der Waals surface area contributed by atoms with Crippen molar-refractivity contribution in [3.8, 4) is 0 Å². The predicted molar refractivity (Wildman–Crippen MR) is 112 cm³/mol. The molecule has 0 unspecified atom stereocenters. The zero-order valence-corrected chi connectivity index (χ0v) is 16.3. The van der Waals surface area contributed by atoms with Gasteiger partial charge in [0, 0.05) is 0 Å². The molecular weight excluding hydrogens is 299 g/mol. The topological polar surface area (TPSA) is 0 Å². The Morgan fingerprint density at radius 1 is 0.440 bits per heavy atom. The lowest BCUT2D eigenvalue weighted by Gasteiger charge is -2.23. The first kappa shape index (κ1) is 17.5. The highest BCUT2D eigenvalue weighted by atomic mass is 14.1. The Bertz CT molecular complexity index is 799. The van der Waals surface area contributed by atoms with E-state index in [4.69, 9.17) is 0 Å². The fraction of sp³-hybridized carbons (Fsp3) is 0.250.